The van der Waals surface area contributed by atoms with Crippen LogP contribution in [0.4, 0.5) is 0 Å². The van der Waals surface area contributed by atoms with Crippen LogP contribution >= 0.6 is 35.3 Å². The number of hydrogen-bond donors (Lipinski definition) is 0. The van der Waals surface area contributed by atoms with E-state index in [1.165, 1.54) is 34.5 Å². The number of hydrogen-bond acceptors (Lipinski definition) is 3. The third-order valence-corrected chi connectivity index (χ3v) is 4.85. The molecule has 0 radical (unpaired) electrons. The smallest absolute Gasteiger partial charge is 1.00 e. The summed E-state index contributed by atoms with van der Waals surface area (Å²) in [4.78, 5) is 0. The first kappa shape index (κ1) is 24.7. The maximum atomic E-state index is 2.10. The van der Waals surface area contributed by atoms with Crippen molar-refractivity contribution in [3.05, 3.63) is 0 Å². The van der Waals surface area contributed by atoms with Crippen LogP contribution in [0.15, 0.2) is 0 Å². The normalized spacial score (nSPS) is 16.6. The summed E-state index contributed by atoms with van der Waals surface area (Å²) >= 11 is 6.30. The average Bonchev–Trinajstić information content (AvgIpc) is 2.00. The fraction of sp³-hybridized carbons (Fsp3) is 1.00. The molecule has 1 aliphatic rings. The number of thioether (sulfide) groups is 3. The summed E-state index contributed by atoms with van der Waals surface area (Å²) in [6, 6.07) is 0. The Balaban J connectivity index is -0.000000101. The summed E-state index contributed by atoms with van der Waals surface area (Å²) in [5.74, 6) is 8.20. The molecule has 1 heterocycles. The van der Waals surface area contributed by atoms with E-state index in [-0.39, 0.29) is 56.7 Å². The minimum Gasteiger partial charge on any atom is -1.00 e. The molecular formula is C6H12Cl3RhS3. The van der Waals surface area contributed by atoms with Crippen molar-refractivity contribution in [2.45, 2.75) is 0 Å². The van der Waals surface area contributed by atoms with E-state index in [1.807, 2.05) is 0 Å². The first-order valence-electron chi connectivity index (χ1n) is 3.23. The molecule has 7 heteroatoms. The summed E-state index contributed by atoms with van der Waals surface area (Å²) in [5, 5.41) is 0. The van der Waals surface area contributed by atoms with Gasteiger partial charge in [0.1, 0.15) is 0 Å². The van der Waals surface area contributed by atoms with Gasteiger partial charge in [-0.3, -0.25) is 0 Å². The zero-order valence-electron chi connectivity index (χ0n) is 6.93. The van der Waals surface area contributed by atoms with Crippen molar-refractivity contribution in [2.24, 2.45) is 0 Å². The number of halogens is 3. The fourth-order valence-electron chi connectivity index (χ4n) is 0.660. The van der Waals surface area contributed by atoms with Gasteiger partial charge in [-0.05, 0) is 0 Å². The molecule has 1 aliphatic heterocycles. The molecule has 0 spiro atoms. The van der Waals surface area contributed by atoms with Gasteiger partial charge < -0.3 is 37.2 Å². The Kier molecular flexibility index (Phi) is 38.0. The van der Waals surface area contributed by atoms with Crippen molar-refractivity contribution >= 4 is 35.3 Å². The van der Waals surface area contributed by atoms with Gasteiger partial charge in [0.25, 0.3) is 0 Å². The van der Waals surface area contributed by atoms with E-state index in [4.69, 9.17) is 0 Å². The molecule has 0 N–H and O–H groups in total. The van der Waals surface area contributed by atoms with Gasteiger partial charge in [-0.15, -0.1) is 0 Å². The third-order valence-electron chi connectivity index (χ3n) is 1.12. The Bertz CT molecular complexity index is 51.6. The standard InChI is InChI=1S/C6H12S3.3ClH.Rh/c1-2-8-5-6-9-4-3-7-1;;;;/h1-6H2;3*1H;/q;;;;+3/p-3. The maximum Gasteiger partial charge on any atom is 3.00 e. The third kappa shape index (κ3) is 17.2. The predicted molar refractivity (Wildman–Crippen MR) is 52.0 cm³/mol. The second-order valence-electron chi connectivity index (χ2n) is 1.84. The van der Waals surface area contributed by atoms with Crippen molar-refractivity contribution in [3.8, 4) is 0 Å². The summed E-state index contributed by atoms with van der Waals surface area (Å²) < 4.78 is 0. The summed E-state index contributed by atoms with van der Waals surface area (Å²) in [7, 11) is 0. The van der Waals surface area contributed by atoms with Crippen LogP contribution in [0.3, 0.4) is 0 Å². The molecule has 1 rings (SSSR count). The van der Waals surface area contributed by atoms with E-state index in [9.17, 15) is 0 Å². The van der Waals surface area contributed by atoms with E-state index in [0.29, 0.717) is 0 Å². The van der Waals surface area contributed by atoms with Crippen molar-refractivity contribution in [1.29, 1.82) is 0 Å². The van der Waals surface area contributed by atoms with Crippen LogP contribution in [0.25, 0.3) is 0 Å². The molecule has 0 amide bonds. The Morgan fingerprint density at radius 3 is 0.769 bits per heavy atom. The van der Waals surface area contributed by atoms with Gasteiger partial charge in [0.05, 0.1) is 0 Å². The van der Waals surface area contributed by atoms with Gasteiger partial charge in [0.2, 0.25) is 0 Å². The SMILES string of the molecule is C1CSCCSCCS1.[Cl-].[Cl-].[Cl-].[Rh+3]. The van der Waals surface area contributed by atoms with Crippen molar-refractivity contribution < 1.29 is 56.7 Å². The van der Waals surface area contributed by atoms with Gasteiger partial charge in [0, 0.05) is 34.5 Å². The minimum absolute atomic E-state index is 0. The molecule has 0 nitrogen and oxygen atoms in total. The zero-order valence-corrected chi connectivity index (χ0v) is 13.3. The molecule has 1 saturated heterocycles. The van der Waals surface area contributed by atoms with Crippen molar-refractivity contribution in [2.75, 3.05) is 34.5 Å². The van der Waals surface area contributed by atoms with E-state index in [2.05, 4.69) is 35.3 Å². The number of rotatable bonds is 0. The first-order valence-corrected chi connectivity index (χ1v) is 6.70. The Hall–Kier alpha value is 2.54. The van der Waals surface area contributed by atoms with Crippen LogP contribution < -0.4 is 37.2 Å². The van der Waals surface area contributed by atoms with Crippen LogP contribution in [0.5, 0.6) is 0 Å². The fourth-order valence-corrected chi connectivity index (χ4v) is 4.10. The van der Waals surface area contributed by atoms with Gasteiger partial charge in [-0.1, -0.05) is 0 Å². The monoisotopic (exact) mass is 388 g/mol. The molecule has 1 fully saturated rings. The molecule has 0 unspecified atom stereocenters. The largest absolute Gasteiger partial charge is 3.00 e. The maximum absolute atomic E-state index is 2.10. The Morgan fingerprint density at radius 2 is 0.615 bits per heavy atom. The molecule has 0 aromatic rings. The molecule has 0 aromatic carbocycles. The molecule has 0 aromatic heterocycles. The second-order valence-corrected chi connectivity index (χ2v) is 5.51. The molecule has 0 atom stereocenters. The topological polar surface area (TPSA) is 0 Å². The molecule has 0 bridgehead atoms. The van der Waals surface area contributed by atoms with Gasteiger partial charge in [0.15, 0.2) is 0 Å². The van der Waals surface area contributed by atoms with Crippen molar-refractivity contribution in [3.63, 3.8) is 0 Å². The van der Waals surface area contributed by atoms with Crippen LogP contribution in [0, 0.1) is 0 Å². The average molecular weight is 390 g/mol. The second kappa shape index (κ2) is 20.0. The van der Waals surface area contributed by atoms with Crippen LogP contribution in [-0.4, -0.2) is 34.5 Å². The van der Waals surface area contributed by atoms with Crippen molar-refractivity contribution in [1.82, 2.24) is 0 Å². The van der Waals surface area contributed by atoms with E-state index in [0.717, 1.165) is 0 Å². The quantitative estimate of drug-likeness (QED) is 0.378. The Labute approximate surface area is 125 Å². The molecule has 84 valence electrons. The molecule has 13 heavy (non-hydrogen) atoms. The van der Waals surface area contributed by atoms with Crippen LogP contribution in [-0.2, 0) is 19.5 Å². The summed E-state index contributed by atoms with van der Waals surface area (Å²) in [5.41, 5.74) is 0. The predicted octanol–water partition coefficient (Wildman–Crippen LogP) is -6.79. The zero-order chi connectivity index (χ0) is 6.36. The van der Waals surface area contributed by atoms with E-state index >= 15 is 0 Å². The summed E-state index contributed by atoms with van der Waals surface area (Å²) in [6.45, 7) is 0. The van der Waals surface area contributed by atoms with Gasteiger partial charge in [-0.25, -0.2) is 0 Å². The molecule has 0 saturated carbocycles. The summed E-state index contributed by atoms with van der Waals surface area (Å²) in [6.07, 6.45) is 0. The minimum atomic E-state index is 0. The van der Waals surface area contributed by atoms with Gasteiger partial charge >= 0.3 is 19.5 Å². The molecular weight excluding hydrogens is 378 g/mol. The van der Waals surface area contributed by atoms with E-state index in [1.54, 1.807) is 0 Å². The van der Waals surface area contributed by atoms with Crippen LogP contribution in [0.1, 0.15) is 0 Å². The van der Waals surface area contributed by atoms with E-state index < -0.39 is 0 Å². The van der Waals surface area contributed by atoms with Gasteiger partial charge in [-0.2, -0.15) is 35.3 Å². The Morgan fingerprint density at radius 1 is 0.462 bits per heavy atom. The first-order chi connectivity index (χ1) is 4.50. The van der Waals surface area contributed by atoms with Crippen LogP contribution in [0.2, 0.25) is 0 Å². The molecule has 0 aliphatic carbocycles.